The molecule has 2 rings (SSSR count). The second-order valence-corrected chi connectivity index (χ2v) is 7.57. The molecule has 0 saturated carbocycles. The van der Waals surface area contributed by atoms with E-state index in [1.807, 2.05) is 52.1 Å². The van der Waals surface area contributed by atoms with Crippen molar-refractivity contribution in [1.82, 2.24) is 20.4 Å². The number of aliphatic imine (C=N–C) groups is 1. The van der Waals surface area contributed by atoms with Crippen molar-refractivity contribution in [3.05, 3.63) is 47.8 Å². The van der Waals surface area contributed by atoms with Crippen LogP contribution in [-0.4, -0.2) is 39.8 Å². The number of anilines is 1. The molecule has 9 heteroatoms. The Kier molecular flexibility index (Phi) is 10.3. The van der Waals surface area contributed by atoms with Gasteiger partial charge in [0.1, 0.15) is 5.60 Å². The highest BCUT2D eigenvalue weighted by Crippen LogP contribution is 2.18. The minimum absolute atomic E-state index is 0. The first-order valence-corrected chi connectivity index (χ1v) is 9.84. The lowest BCUT2D eigenvalue weighted by Crippen LogP contribution is -2.44. The largest absolute Gasteiger partial charge is 0.383 e. The molecular weight excluding hydrogens is 495 g/mol. The van der Waals surface area contributed by atoms with E-state index in [4.69, 9.17) is 0 Å². The first kappa shape index (κ1) is 25.9. The Labute approximate surface area is 195 Å². The van der Waals surface area contributed by atoms with Gasteiger partial charge in [-0.2, -0.15) is 5.10 Å². The Morgan fingerprint density at radius 3 is 2.47 bits per heavy atom. The van der Waals surface area contributed by atoms with E-state index in [0.29, 0.717) is 25.6 Å². The van der Waals surface area contributed by atoms with Gasteiger partial charge in [0.25, 0.3) is 0 Å². The first-order chi connectivity index (χ1) is 13.7. The number of hydrogen-bond acceptors (Lipinski definition) is 4. The Balaban J connectivity index is 0.00000450. The van der Waals surface area contributed by atoms with E-state index in [9.17, 15) is 9.90 Å². The molecule has 1 aromatic heterocycles. The number of carbonyl (C=O) groups is 1. The summed E-state index contributed by atoms with van der Waals surface area (Å²) in [7, 11) is 1.82. The van der Waals surface area contributed by atoms with E-state index in [0.717, 1.165) is 16.8 Å². The molecule has 0 aliphatic rings. The number of aromatic nitrogens is 2. The Morgan fingerprint density at radius 1 is 1.27 bits per heavy atom. The molecule has 166 valence electrons. The molecule has 30 heavy (non-hydrogen) atoms. The number of hydrogen-bond donors (Lipinski definition) is 4. The van der Waals surface area contributed by atoms with Crippen LogP contribution in [0, 0.1) is 5.92 Å². The number of amides is 1. The number of guanidine groups is 1. The minimum Gasteiger partial charge on any atom is -0.383 e. The van der Waals surface area contributed by atoms with Crippen LogP contribution in [0.25, 0.3) is 0 Å². The lowest BCUT2D eigenvalue weighted by molar-refractivity contribution is -0.118. The van der Waals surface area contributed by atoms with Crippen molar-refractivity contribution >= 4 is 41.5 Å². The summed E-state index contributed by atoms with van der Waals surface area (Å²) in [4.78, 5) is 16.3. The fourth-order valence-corrected chi connectivity index (χ4v) is 2.55. The van der Waals surface area contributed by atoms with Gasteiger partial charge in [0.2, 0.25) is 5.91 Å². The van der Waals surface area contributed by atoms with E-state index in [1.54, 1.807) is 24.0 Å². The molecule has 0 spiro atoms. The predicted molar refractivity (Wildman–Crippen MR) is 131 cm³/mol. The third-order valence-electron chi connectivity index (χ3n) is 4.44. The van der Waals surface area contributed by atoms with Gasteiger partial charge in [0, 0.05) is 37.0 Å². The van der Waals surface area contributed by atoms with Crippen LogP contribution in [0.4, 0.5) is 5.69 Å². The van der Waals surface area contributed by atoms with Gasteiger partial charge in [-0.05, 0) is 31.5 Å². The van der Waals surface area contributed by atoms with E-state index in [2.05, 4.69) is 26.0 Å². The average Bonchev–Trinajstić information content (AvgIpc) is 3.12. The second-order valence-electron chi connectivity index (χ2n) is 7.57. The summed E-state index contributed by atoms with van der Waals surface area (Å²) in [6.07, 6.45) is 3.46. The number of aryl methyl sites for hydroxylation is 1. The van der Waals surface area contributed by atoms with Crippen molar-refractivity contribution < 1.29 is 9.90 Å². The average molecular weight is 528 g/mol. The zero-order valence-electron chi connectivity index (χ0n) is 18.3. The third-order valence-corrected chi connectivity index (χ3v) is 4.44. The monoisotopic (exact) mass is 528 g/mol. The molecule has 1 unspecified atom stereocenters. The van der Waals surface area contributed by atoms with E-state index in [1.165, 1.54) is 0 Å². The highest BCUT2D eigenvalue weighted by atomic mass is 127. The van der Waals surface area contributed by atoms with Gasteiger partial charge >= 0.3 is 0 Å². The Hall–Kier alpha value is -2.14. The summed E-state index contributed by atoms with van der Waals surface area (Å²) >= 11 is 0. The molecule has 1 aromatic carbocycles. The van der Waals surface area contributed by atoms with Crippen molar-refractivity contribution in [3.63, 3.8) is 0 Å². The number of rotatable bonds is 8. The van der Waals surface area contributed by atoms with Gasteiger partial charge < -0.3 is 21.1 Å². The van der Waals surface area contributed by atoms with Crippen molar-refractivity contribution in [3.8, 4) is 0 Å². The Morgan fingerprint density at radius 2 is 1.93 bits per heavy atom. The number of benzene rings is 1. The van der Waals surface area contributed by atoms with Crippen LogP contribution in [0.1, 0.15) is 38.8 Å². The highest BCUT2D eigenvalue weighted by molar-refractivity contribution is 14.0. The van der Waals surface area contributed by atoms with Crippen molar-refractivity contribution in [2.24, 2.45) is 18.0 Å². The summed E-state index contributed by atoms with van der Waals surface area (Å²) < 4.78 is 1.66. The summed E-state index contributed by atoms with van der Waals surface area (Å²) in [5.41, 5.74) is 1.46. The van der Waals surface area contributed by atoms with Crippen LogP contribution in [0.5, 0.6) is 0 Å². The van der Waals surface area contributed by atoms with Gasteiger partial charge in [-0.15, -0.1) is 24.0 Å². The number of halogens is 1. The van der Waals surface area contributed by atoms with E-state index < -0.39 is 5.60 Å². The second kappa shape index (κ2) is 11.9. The molecule has 1 amide bonds. The van der Waals surface area contributed by atoms with Crippen LogP contribution < -0.4 is 16.0 Å². The van der Waals surface area contributed by atoms with Crippen molar-refractivity contribution in [2.45, 2.75) is 39.8 Å². The standard InChI is InChI=1S/C21H32N6O2.HI/c1-6-22-20(24-14-21(4,29)17-12-25-27(5)13-17)23-11-16-7-9-18(10-8-16)26-19(28)15(2)3;/h7-10,12-13,15,29H,6,11,14H2,1-5H3,(H,26,28)(H2,22,23,24);1H. The molecule has 0 aliphatic heterocycles. The molecule has 2 aromatic rings. The van der Waals surface area contributed by atoms with Crippen LogP contribution in [0.3, 0.4) is 0 Å². The predicted octanol–water partition coefficient (Wildman–Crippen LogP) is 2.60. The molecule has 8 nitrogen and oxygen atoms in total. The topological polar surface area (TPSA) is 104 Å². The van der Waals surface area contributed by atoms with Gasteiger partial charge in [0.05, 0.1) is 19.3 Å². The van der Waals surface area contributed by atoms with Crippen LogP contribution in [-0.2, 0) is 24.0 Å². The molecule has 0 radical (unpaired) electrons. The molecule has 0 aliphatic carbocycles. The molecule has 0 bridgehead atoms. The normalized spacial score (nSPS) is 13.4. The van der Waals surface area contributed by atoms with Crippen LogP contribution >= 0.6 is 24.0 Å². The van der Waals surface area contributed by atoms with Crippen LogP contribution in [0.15, 0.2) is 41.7 Å². The molecule has 1 atom stereocenters. The van der Waals surface area contributed by atoms with Gasteiger partial charge in [-0.3, -0.25) is 9.48 Å². The number of carbonyl (C=O) groups excluding carboxylic acids is 1. The smallest absolute Gasteiger partial charge is 0.226 e. The molecule has 0 fully saturated rings. The number of nitrogens with zero attached hydrogens (tertiary/aromatic N) is 3. The number of aliphatic hydroxyl groups is 1. The molecule has 4 N–H and O–H groups in total. The SMILES string of the molecule is CCNC(=NCc1ccc(NC(=O)C(C)C)cc1)NCC(C)(O)c1cnn(C)c1.I. The lowest BCUT2D eigenvalue weighted by atomic mass is 10.00. The van der Waals surface area contributed by atoms with E-state index in [-0.39, 0.29) is 35.8 Å². The molecule has 0 saturated heterocycles. The number of nitrogens with one attached hydrogen (secondary N) is 3. The summed E-state index contributed by atoms with van der Waals surface area (Å²) in [6, 6.07) is 7.63. The van der Waals surface area contributed by atoms with Crippen molar-refractivity contribution in [1.29, 1.82) is 0 Å². The summed E-state index contributed by atoms with van der Waals surface area (Å²) in [6.45, 7) is 8.93. The summed E-state index contributed by atoms with van der Waals surface area (Å²) in [5, 5.41) is 24.1. The maximum atomic E-state index is 11.8. The first-order valence-electron chi connectivity index (χ1n) is 9.84. The highest BCUT2D eigenvalue weighted by Gasteiger charge is 2.25. The zero-order valence-corrected chi connectivity index (χ0v) is 20.6. The molecular formula is C21H33IN6O2. The van der Waals surface area contributed by atoms with Crippen molar-refractivity contribution in [2.75, 3.05) is 18.4 Å². The molecule has 1 heterocycles. The maximum Gasteiger partial charge on any atom is 0.226 e. The van der Waals surface area contributed by atoms with Gasteiger partial charge in [-0.25, -0.2) is 4.99 Å². The summed E-state index contributed by atoms with van der Waals surface area (Å²) in [5.74, 6) is 0.556. The third kappa shape index (κ3) is 7.94. The Bertz CT molecular complexity index is 830. The fourth-order valence-electron chi connectivity index (χ4n) is 2.55. The lowest BCUT2D eigenvalue weighted by Gasteiger charge is -2.23. The maximum absolute atomic E-state index is 11.8. The quantitative estimate of drug-likeness (QED) is 0.240. The van der Waals surface area contributed by atoms with Crippen LogP contribution in [0.2, 0.25) is 0 Å². The van der Waals surface area contributed by atoms with Gasteiger partial charge in [0.15, 0.2) is 5.96 Å². The van der Waals surface area contributed by atoms with E-state index >= 15 is 0 Å². The van der Waals surface area contributed by atoms with Gasteiger partial charge in [-0.1, -0.05) is 26.0 Å². The minimum atomic E-state index is -1.07. The fraction of sp³-hybridized carbons (Fsp3) is 0.476. The zero-order chi connectivity index (χ0) is 21.4.